The molecule has 0 aliphatic heterocycles. The summed E-state index contributed by atoms with van der Waals surface area (Å²) in [5, 5.41) is 0. The van der Waals surface area contributed by atoms with Crippen LogP contribution in [0.5, 0.6) is 0 Å². The molecule has 0 heterocycles. The van der Waals surface area contributed by atoms with Crippen LogP contribution < -0.4 is 0 Å². The quantitative estimate of drug-likeness (QED) is 0.382. The van der Waals surface area contributed by atoms with Gasteiger partial charge in [0.25, 0.3) is 0 Å². The summed E-state index contributed by atoms with van der Waals surface area (Å²) in [5.74, 6) is 0. The predicted octanol–water partition coefficient (Wildman–Crippen LogP) is 3.58. The molecule has 54 valence electrons. The van der Waals surface area contributed by atoms with Gasteiger partial charge in [-0.3, -0.25) is 0 Å². The first-order valence-corrected chi connectivity index (χ1v) is 6.84. The third-order valence-corrected chi connectivity index (χ3v) is 4.59. The molecule has 0 unspecified atom stereocenters. The van der Waals surface area contributed by atoms with Crippen LogP contribution >= 0.6 is 67.8 Å². The summed E-state index contributed by atoms with van der Waals surface area (Å²) in [6.45, 7) is 0. The standard InChI is InChI=1S/C6H9I3/c7-4-1-5(8)3-6(9)2-4/h4-6H,1-3H2. The number of alkyl halides is 3. The van der Waals surface area contributed by atoms with Gasteiger partial charge in [0.15, 0.2) is 0 Å². The maximum absolute atomic E-state index is 2.58. The number of hydrogen-bond acceptors (Lipinski definition) is 0. The molecule has 1 rings (SSSR count). The van der Waals surface area contributed by atoms with Gasteiger partial charge in [0.2, 0.25) is 0 Å². The predicted molar refractivity (Wildman–Crippen MR) is 67.3 cm³/mol. The Morgan fingerprint density at radius 3 is 1.11 bits per heavy atom. The summed E-state index contributed by atoms with van der Waals surface area (Å²) >= 11 is 7.73. The SMILES string of the molecule is IC1CC(I)CC(I)C1. The second-order valence-corrected chi connectivity index (χ2v) is 7.78. The summed E-state index contributed by atoms with van der Waals surface area (Å²) in [6, 6.07) is 0. The van der Waals surface area contributed by atoms with E-state index in [1.165, 1.54) is 19.3 Å². The second kappa shape index (κ2) is 4.27. The van der Waals surface area contributed by atoms with Crippen LogP contribution in [0.2, 0.25) is 0 Å². The van der Waals surface area contributed by atoms with Crippen molar-refractivity contribution in [2.24, 2.45) is 0 Å². The van der Waals surface area contributed by atoms with Crippen molar-refractivity contribution in [1.82, 2.24) is 0 Å². The minimum absolute atomic E-state index is 0.945. The molecule has 0 amide bonds. The zero-order valence-corrected chi connectivity index (χ0v) is 11.5. The minimum Gasteiger partial charge on any atom is -0.0825 e. The van der Waals surface area contributed by atoms with Crippen molar-refractivity contribution in [1.29, 1.82) is 0 Å². The Bertz CT molecular complexity index is 69.3. The van der Waals surface area contributed by atoms with Crippen LogP contribution in [0.3, 0.4) is 0 Å². The van der Waals surface area contributed by atoms with Gasteiger partial charge in [0.05, 0.1) is 0 Å². The van der Waals surface area contributed by atoms with Gasteiger partial charge in [-0.05, 0) is 19.3 Å². The van der Waals surface area contributed by atoms with Crippen molar-refractivity contribution in [2.75, 3.05) is 0 Å². The van der Waals surface area contributed by atoms with Crippen LogP contribution in [-0.4, -0.2) is 11.8 Å². The van der Waals surface area contributed by atoms with E-state index in [9.17, 15) is 0 Å². The summed E-state index contributed by atoms with van der Waals surface area (Å²) in [7, 11) is 0. The highest BCUT2D eigenvalue weighted by atomic mass is 127. The molecule has 0 saturated heterocycles. The highest BCUT2D eigenvalue weighted by Gasteiger charge is 2.23. The number of rotatable bonds is 0. The highest BCUT2D eigenvalue weighted by molar-refractivity contribution is 14.1. The molecule has 0 radical (unpaired) electrons. The Balaban J connectivity index is 2.34. The van der Waals surface area contributed by atoms with Gasteiger partial charge in [-0.2, -0.15) is 0 Å². The van der Waals surface area contributed by atoms with Crippen LogP contribution in [0, 0.1) is 0 Å². The average molecular weight is 462 g/mol. The maximum Gasteiger partial charge on any atom is 0.0130 e. The molecule has 0 aromatic rings. The largest absolute Gasteiger partial charge is 0.0825 e. The van der Waals surface area contributed by atoms with Crippen LogP contribution in [-0.2, 0) is 0 Å². The molecule has 0 aromatic heterocycles. The van der Waals surface area contributed by atoms with Crippen LogP contribution in [0.25, 0.3) is 0 Å². The third-order valence-electron chi connectivity index (χ3n) is 1.53. The van der Waals surface area contributed by atoms with E-state index < -0.39 is 0 Å². The Labute approximate surface area is 97.3 Å². The van der Waals surface area contributed by atoms with Gasteiger partial charge in [-0.1, -0.05) is 67.8 Å². The molecule has 0 spiro atoms. The van der Waals surface area contributed by atoms with Gasteiger partial charge < -0.3 is 0 Å². The molecule has 9 heavy (non-hydrogen) atoms. The normalized spacial score (nSPS) is 45.0. The van der Waals surface area contributed by atoms with Crippen LogP contribution in [0.15, 0.2) is 0 Å². The molecule has 0 aromatic carbocycles. The fraction of sp³-hybridized carbons (Fsp3) is 1.00. The number of hydrogen-bond donors (Lipinski definition) is 0. The molecule has 0 atom stereocenters. The lowest BCUT2D eigenvalue weighted by Crippen LogP contribution is -2.22. The molecule has 0 nitrogen and oxygen atoms in total. The molecular weight excluding hydrogens is 453 g/mol. The van der Waals surface area contributed by atoms with Gasteiger partial charge in [0.1, 0.15) is 0 Å². The van der Waals surface area contributed by atoms with E-state index in [1.54, 1.807) is 0 Å². The second-order valence-electron chi connectivity index (χ2n) is 2.50. The van der Waals surface area contributed by atoms with E-state index in [0.717, 1.165) is 11.8 Å². The van der Waals surface area contributed by atoms with Crippen molar-refractivity contribution >= 4 is 67.8 Å². The van der Waals surface area contributed by atoms with Gasteiger partial charge in [-0.15, -0.1) is 0 Å². The molecular formula is C6H9I3. The number of halogens is 3. The lowest BCUT2D eigenvalue weighted by atomic mass is 10.0. The van der Waals surface area contributed by atoms with Gasteiger partial charge in [0, 0.05) is 11.8 Å². The van der Waals surface area contributed by atoms with Crippen LogP contribution in [0.4, 0.5) is 0 Å². The third kappa shape index (κ3) is 3.39. The Hall–Kier alpha value is 2.19. The summed E-state index contributed by atoms with van der Waals surface area (Å²) in [4.78, 5) is 0. The zero-order valence-electron chi connectivity index (χ0n) is 4.99. The topological polar surface area (TPSA) is 0 Å². The first-order valence-electron chi connectivity index (χ1n) is 3.10. The Kier molecular flexibility index (Phi) is 4.41. The molecule has 1 fully saturated rings. The summed E-state index contributed by atoms with van der Waals surface area (Å²) < 4.78 is 2.83. The van der Waals surface area contributed by atoms with Crippen molar-refractivity contribution < 1.29 is 0 Å². The lowest BCUT2D eigenvalue weighted by molar-refractivity contribution is 0.579. The van der Waals surface area contributed by atoms with E-state index in [0.29, 0.717) is 0 Å². The molecule has 0 N–H and O–H groups in total. The van der Waals surface area contributed by atoms with Crippen molar-refractivity contribution in [2.45, 2.75) is 31.0 Å². The van der Waals surface area contributed by atoms with Crippen molar-refractivity contribution in [3.63, 3.8) is 0 Å². The van der Waals surface area contributed by atoms with Gasteiger partial charge >= 0.3 is 0 Å². The first kappa shape index (κ1) is 9.28. The molecule has 1 aliphatic carbocycles. The summed E-state index contributed by atoms with van der Waals surface area (Å²) in [5.41, 5.74) is 0. The van der Waals surface area contributed by atoms with E-state index in [2.05, 4.69) is 67.8 Å². The van der Waals surface area contributed by atoms with Gasteiger partial charge in [-0.25, -0.2) is 0 Å². The highest BCUT2D eigenvalue weighted by Crippen LogP contribution is 2.33. The summed E-state index contributed by atoms with van der Waals surface area (Å²) in [6.07, 6.45) is 4.29. The Morgan fingerprint density at radius 2 is 0.889 bits per heavy atom. The first-order chi connectivity index (χ1) is 4.18. The maximum atomic E-state index is 2.58. The monoisotopic (exact) mass is 462 g/mol. The molecule has 3 heteroatoms. The Morgan fingerprint density at radius 1 is 0.667 bits per heavy atom. The molecule has 0 bridgehead atoms. The van der Waals surface area contributed by atoms with Crippen molar-refractivity contribution in [3.8, 4) is 0 Å². The minimum atomic E-state index is 0.945. The van der Waals surface area contributed by atoms with Crippen molar-refractivity contribution in [3.05, 3.63) is 0 Å². The zero-order chi connectivity index (χ0) is 6.85. The van der Waals surface area contributed by atoms with E-state index in [4.69, 9.17) is 0 Å². The van der Waals surface area contributed by atoms with E-state index in [1.807, 2.05) is 0 Å². The molecule has 1 aliphatic rings. The molecule has 1 saturated carbocycles. The average Bonchev–Trinajstić information content (AvgIpc) is 1.59. The van der Waals surface area contributed by atoms with Crippen LogP contribution in [0.1, 0.15) is 19.3 Å². The lowest BCUT2D eigenvalue weighted by Gasteiger charge is -2.25. The fourth-order valence-corrected chi connectivity index (χ4v) is 7.72. The van der Waals surface area contributed by atoms with E-state index in [-0.39, 0.29) is 0 Å². The fourth-order valence-electron chi connectivity index (χ4n) is 1.12. The van der Waals surface area contributed by atoms with E-state index >= 15 is 0 Å². The smallest absolute Gasteiger partial charge is 0.0130 e.